The number of halogens is 1. The first kappa shape index (κ1) is 19.4. The van der Waals surface area contributed by atoms with Crippen LogP contribution in [0.5, 0.6) is 0 Å². The Balaban J connectivity index is 1.67. The molecule has 0 radical (unpaired) electrons. The highest BCUT2D eigenvalue weighted by molar-refractivity contribution is 8.00. The van der Waals surface area contributed by atoms with E-state index in [0.717, 1.165) is 28.2 Å². The third kappa shape index (κ3) is 3.85. The summed E-state index contributed by atoms with van der Waals surface area (Å²) in [6.45, 7) is 5.98. The third-order valence-electron chi connectivity index (χ3n) is 4.95. The average Bonchev–Trinajstić information content (AvgIpc) is 3.12. The Labute approximate surface area is 172 Å². The van der Waals surface area contributed by atoms with E-state index in [1.807, 2.05) is 43.6 Å². The molecule has 2 atom stereocenters. The predicted octanol–water partition coefficient (Wildman–Crippen LogP) is 3.99. The van der Waals surface area contributed by atoms with Crippen LogP contribution in [-0.2, 0) is 11.2 Å². The number of rotatable bonds is 4. The van der Waals surface area contributed by atoms with Crippen LogP contribution in [0.1, 0.15) is 35.5 Å². The molecule has 0 bridgehead atoms. The molecule has 29 heavy (non-hydrogen) atoms. The largest absolute Gasteiger partial charge is 0.325 e. The molecule has 0 aliphatic carbocycles. The van der Waals surface area contributed by atoms with Crippen LogP contribution in [0, 0.1) is 19.7 Å². The van der Waals surface area contributed by atoms with Gasteiger partial charge in [-0.1, -0.05) is 48.5 Å². The zero-order chi connectivity index (χ0) is 20.5. The fourth-order valence-electron chi connectivity index (χ4n) is 3.41. The van der Waals surface area contributed by atoms with Crippen LogP contribution in [0.4, 0.5) is 10.1 Å². The SMILES string of the molecule is CCc1nnc2n1N[C@H](c1ccc(F)cc1)[C@@H](C(=O)Nc1ccc(C)cc1C)S2. The summed E-state index contributed by atoms with van der Waals surface area (Å²) >= 11 is 1.36. The van der Waals surface area contributed by atoms with Crippen molar-refractivity contribution < 1.29 is 9.18 Å². The van der Waals surface area contributed by atoms with Crippen molar-refractivity contribution in [3.63, 3.8) is 0 Å². The number of hydrogen-bond acceptors (Lipinski definition) is 5. The van der Waals surface area contributed by atoms with E-state index in [9.17, 15) is 9.18 Å². The van der Waals surface area contributed by atoms with E-state index in [2.05, 4.69) is 20.9 Å². The second-order valence-corrected chi connectivity index (χ2v) is 8.20. The molecule has 8 heteroatoms. The lowest BCUT2D eigenvalue weighted by molar-refractivity contribution is -0.116. The summed E-state index contributed by atoms with van der Waals surface area (Å²) in [5, 5.41) is 11.6. The lowest BCUT2D eigenvalue weighted by Gasteiger charge is -2.33. The van der Waals surface area contributed by atoms with Gasteiger partial charge in [-0.05, 0) is 43.2 Å². The lowest BCUT2D eigenvalue weighted by Crippen LogP contribution is -2.41. The zero-order valence-corrected chi connectivity index (χ0v) is 17.3. The maximum Gasteiger partial charge on any atom is 0.240 e. The fraction of sp³-hybridized carbons (Fsp3) is 0.286. The van der Waals surface area contributed by atoms with Crippen LogP contribution >= 0.6 is 11.8 Å². The molecule has 0 unspecified atom stereocenters. The van der Waals surface area contributed by atoms with Crippen molar-refractivity contribution in [1.29, 1.82) is 0 Å². The smallest absolute Gasteiger partial charge is 0.240 e. The number of amides is 1. The number of fused-ring (bicyclic) bond motifs is 1. The predicted molar refractivity (Wildman–Crippen MR) is 112 cm³/mol. The van der Waals surface area contributed by atoms with Crippen LogP contribution in [0.25, 0.3) is 0 Å². The highest BCUT2D eigenvalue weighted by atomic mass is 32.2. The minimum absolute atomic E-state index is 0.143. The van der Waals surface area contributed by atoms with Gasteiger partial charge in [0.2, 0.25) is 11.1 Å². The molecule has 4 rings (SSSR count). The Bertz CT molecular complexity index is 1050. The molecule has 2 heterocycles. The van der Waals surface area contributed by atoms with Gasteiger partial charge in [0.15, 0.2) is 5.82 Å². The molecule has 3 aromatic rings. The number of aromatic nitrogens is 3. The molecule has 1 amide bonds. The number of aryl methyl sites for hydroxylation is 3. The molecule has 150 valence electrons. The van der Waals surface area contributed by atoms with Gasteiger partial charge >= 0.3 is 0 Å². The third-order valence-corrected chi connectivity index (χ3v) is 6.16. The maximum atomic E-state index is 13.5. The molecular weight excluding hydrogens is 389 g/mol. The number of anilines is 1. The summed E-state index contributed by atoms with van der Waals surface area (Å²) in [4.78, 5) is 13.2. The molecule has 0 fully saturated rings. The topological polar surface area (TPSA) is 71.8 Å². The fourth-order valence-corrected chi connectivity index (χ4v) is 4.50. The van der Waals surface area contributed by atoms with Crippen LogP contribution in [0.15, 0.2) is 47.6 Å². The van der Waals surface area contributed by atoms with E-state index in [0.29, 0.717) is 11.6 Å². The Morgan fingerprint density at radius 2 is 1.97 bits per heavy atom. The molecule has 2 aromatic carbocycles. The Morgan fingerprint density at radius 1 is 1.21 bits per heavy atom. The first-order valence-electron chi connectivity index (χ1n) is 9.47. The molecule has 6 nitrogen and oxygen atoms in total. The van der Waals surface area contributed by atoms with Crippen molar-refractivity contribution in [2.24, 2.45) is 0 Å². The maximum absolute atomic E-state index is 13.5. The standard InChI is InChI=1S/C21H22FN5OS/c1-4-17-24-25-21-27(17)26-18(14-6-8-15(22)9-7-14)19(29-21)20(28)23-16-10-5-12(2)11-13(16)3/h5-11,18-19,26H,4H2,1-3H3,(H,23,28)/t18-,19+/m1/s1. The van der Waals surface area contributed by atoms with Gasteiger partial charge in [0.25, 0.3) is 0 Å². The summed E-state index contributed by atoms with van der Waals surface area (Å²) < 4.78 is 15.3. The van der Waals surface area contributed by atoms with Crippen molar-refractivity contribution >= 4 is 23.4 Å². The quantitative estimate of drug-likeness (QED) is 0.679. The number of nitrogens with one attached hydrogen (secondary N) is 2. The van der Waals surface area contributed by atoms with Crippen molar-refractivity contribution in [1.82, 2.24) is 14.9 Å². The van der Waals surface area contributed by atoms with Crippen molar-refractivity contribution in [2.75, 3.05) is 10.7 Å². The molecule has 2 N–H and O–H groups in total. The van der Waals surface area contributed by atoms with Crippen molar-refractivity contribution in [3.8, 4) is 0 Å². The second-order valence-electron chi connectivity index (χ2n) is 7.09. The first-order valence-corrected chi connectivity index (χ1v) is 10.4. The summed E-state index contributed by atoms with van der Waals surface area (Å²) in [5.41, 5.74) is 7.10. The van der Waals surface area contributed by atoms with Crippen LogP contribution < -0.4 is 10.7 Å². The minimum Gasteiger partial charge on any atom is -0.325 e. The molecule has 1 aliphatic rings. The summed E-state index contributed by atoms with van der Waals surface area (Å²) in [6, 6.07) is 11.8. The van der Waals surface area contributed by atoms with Gasteiger partial charge in [-0.25, -0.2) is 9.07 Å². The number of benzene rings is 2. The number of thioether (sulfide) groups is 1. The zero-order valence-electron chi connectivity index (χ0n) is 16.4. The van der Waals surface area contributed by atoms with Crippen LogP contribution in [0.3, 0.4) is 0 Å². The van der Waals surface area contributed by atoms with E-state index in [4.69, 9.17) is 0 Å². The highest BCUT2D eigenvalue weighted by Crippen LogP contribution is 2.37. The van der Waals surface area contributed by atoms with Crippen molar-refractivity contribution in [2.45, 2.75) is 43.6 Å². The molecular formula is C21H22FN5OS. The van der Waals surface area contributed by atoms with E-state index in [1.54, 1.807) is 12.1 Å². The number of carbonyl (C=O) groups is 1. The van der Waals surface area contributed by atoms with E-state index in [1.165, 1.54) is 23.9 Å². The van der Waals surface area contributed by atoms with Gasteiger partial charge in [0, 0.05) is 12.1 Å². The normalized spacial score (nSPS) is 18.1. The van der Waals surface area contributed by atoms with Gasteiger partial charge < -0.3 is 10.7 Å². The van der Waals surface area contributed by atoms with E-state index >= 15 is 0 Å². The number of carbonyl (C=O) groups excluding carboxylic acids is 1. The van der Waals surface area contributed by atoms with Gasteiger partial charge in [-0.2, -0.15) is 0 Å². The van der Waals surface area contributed by atoms with Gasteiger partial charge in [0.1, 0.15) is 11.1 Å². The van der Waals surface area contributed by atoms with Gasteiger partial charge in [-0.3, -0.25) is 4.79 Å². The molecule has 1 aromatic heterocycles. The van der Waals surface area contributed by atoms with Crippen LogP contribution in [-0.4, -0.2) is 26.0 Å². The second kappa shape index (κ2) is 7.87. The Hall–Kier alpha value is -2.87. The highest BCUT2D eigenvalue weighted by Gasteiger charge is 2.37. The Morgan fingerprint density at radius 3 is 2.66 bits per heavy atom. The van der Waals surface area contributed by atoms with E-state index in [-0.39, 0.29) is 17.8 Å². The Kier molecular flexibility index (Phi) is 5.27. The monoisotopic (exact) mass is 411 g/mol. The summed E-state index contributed by atoms with van der Waals surface area (Å²) in [5.74, 6) is 0.330. The average molecular weight is 412 g/mol. The molecule has 0 spiro atoms. The summed E-state index contributed by atoms with van der Waals surface area (Å²) in [6.07, 6.45) is 0.704. The van der Waals surface area contributed by atoms with Crippen LogP contribution in [0.2, 0.25) is 0 Å². The van der Waals surface area contributed by atoms with Gasteiger partial charge in [0.05, 0.1) is 6.04 Å². The first-order chi connectivity index (χ1) is 14.0. The van der Waals surface area contributed by atoms with E-state index < -0.39 is 5.25 Å². The summed E-state index contributed by atoms with van der Waals surface area (Å²) in [7, 11) is 0. The molecule has 1 aliphatic heterocycles. The van der Waals surface area contributed by atoms with Gasteiger partial charge in [-0.15, -0.1) is 10.2 Å². The van der Waals surface area contributed by atoms with Crippen molar-refractivity contribution in [3.05, 3.63) is 70.8 Å². The molecule has 0 saturated heterocycles. The lowest BCUT2D eigenvalue weighted by atomic mass is 10.0. The number of nitrogens with zero attached hydrogens (tertiary/aromatic N) is 3. The minimum atomic E-state index is -0.498. The number of hydrogen-bond donors (Lipinski definition) is 2. The molecule has 0 saturated carbocycles.